The summed E-state index contributed by atoms with van der Waals surface area (Å²) in [5.74, 6) is -0.599. The summed E-state index contributed by atoms with van der Waals surface area (Å²) in [5, 5.41) is 3.93. The van der Waals surface area contributed by atoms with Gasteiger partial charge >= 0.3 is 6.03 Å². The molecule has 4 amide bonds. The van der Waals surface area contributed by atoms with Gasteiger partial charge in [-0.05, 0) is 44.5 Å². The Morgan fingerprint density at radius 2 is 1.81 bits per heavy atom. The third-order valence-electron chi connectivity index (χ3n) is 6.14. The largest absolute Gasteiger partial charge is 0.356 e. The van der Waals surface area contributed by atoms with Gasteiger partial charge in [-0.3, -0.25) is 9.59 Å². The summed E-state index contributed by atoms with van der Waals surface area (Å²) in [6.45, 7) is 5.67. The lowest BCUT2D eigenvalue weighted by Gasteiger charge is -2.33. The maximum absolute atomic E-state index is 13.5. The van der Waals surface area contributed by atoms with Crippen molar-refractivity contribution >= 4 is 34.4 Å². The highest BCUT2D eigenvalue weighted by atomic mass is 16.2. The lowest BCUT2D eigenvalue weighted by Crippen LogP contribution is -2.42. The fourth-order valence-electron chi connectivity index (χ4n) is 4.78. The molecule has 0 saturated carbocycles. The molecule has 2 unspecified atom stereocenters. The molecule has 0 radical (unpaired) electrons. The number of carbonyl (C=O) groups excluding carboxylic acids is 3. The zero-order chi connectivity index (χ0) is 21.9. The van der Waals surface area contributed by atoms with Gasteiger partial charge in [-0.25, -0.2) is 9.69 Å². The molecule has 2 aliphatic heterocycles. The van der Waals surface area contributed by atoms with Crippen molar-refractivity contribution in [3.8, 4) is 0 Å². The Morgan fingerprint density at radius 3 is 2.58 bits per heavy atom. The van der Waals surface area contributed by atoms with Crippen LogP contribution in [0.1, 0.15) is 48.4 Å². The minimum atomic E-state index is -0.588. The van der Waals surface area contributed by atoms with E-state index >= 15 is 0 Å². The number of urea groups is 1. The zero-order valence-electron chi connectivity index (χ0n) is 17.7. The van der Waals surface area contributed by atoms with Crippen molar-refractivity contribution in [2.75, 3.05) is 4.90 Å². The van der Waals surface area contributed by atoms with E-state index in [-0.39, 0.29) is 23.9 Å². The van der Waals surface area contributed by atoms with Crippen LogP contribution in [-0.2, 0) is 11.2 Å². The number of fused-ring (bicyclic) bond motifs is 4. The van der Waals surface area contributed by atoms with E-state index in [0.29, 0.717) is 17.7 Å². The van der Waals surface area contributed by atoms with Crippen LogP contribution < -0.4 is 10.2 Å². The second-order valence-corrected chi connectivity index (χ2v) is 8.47. The average molecular weight is 416 g/mol. The van der Waals surface area contributed by atoms with Gasteiger partial charge in [0.2, 0.25) is 0 Å². The summed E-state index contributed by atoms with van der Waals surface area (Å²) in [6.07, 6.45) is 0.450. The molecule has 2 aliphatic rings. The number of nitrogens with zero attached hydrogens (tertiary/aromatic N) is 2. The van der Waals surface area contributed by atoms with Crippen molar-refractivity contribution in [3.63, 3.8) is 0 Å². The molecule has 2 aromatic carbocycles. The van der Waals surface area contributed by atoms with Gasteiger partial charge in [0.15, 0.2) is 0 Å². The smallest absolute Gasteiger partial charge is 0.332 e. The van der Waals surface area contributed by atoms with Crippen LogP contribution in [0.4, 0.5) is 10.5 Å². The van der Waals surface area contributed by atoms with E-state index in [9.17, 15) is 14.4 Å². The molecule has 2 N–H and O–H groups in total. The van der Waals surface area contributed by atoms with Crippen LogP contribution in [0.5, 0.6) is 0 Å². The van der Waals surface area contributed by atoms with Crippen molar-refractivity contribution < 1.29 is 14.4 Å². The number of nitrogens with one attached hydrogen (secondary N) is 2. The van der Waals surface area contributed by atoms with E-state index in [4.69, 9.17) is 0 Å². The standard InChI is InChI=1S/C24H24N4O3/c1-13(2)25-22(29)16-9-5-7-11-19(16)28-23(30)20-12-17-15-8-4-6-10-18(15)26-21(17)14(3)27(20)24(28)31/h4-11,13-14,20,26H,12H2,1-3H3,(H,25,29). The third-order valence-corrected chi connectivity index (χ3v) is 6.14. The molecule has 2 atom stereocenters. The average Bonchev–Trinajstić information content (AvgIpc) is 3.24. The number of carbonyl (C=O) groups is 3. The monoisotopic (exact) mass is 416 g/mol. The lowest BCUT2D eigenvalue weighted by atomic mass is 9.93. The van der Waals surface area contributed by atoms with Crippen LogP contribution in [0.15, 0.2) is 48.5 Å². The molecule has 31 heavy (non-hydrogen) atoms. The first kappa shape index (κ1) is 19.4. The minimum Gasteiger partial charge on any atom is -0.356 e. The fourth-order valence-corrected chi connectivity index (χ4v) is 4.78. The van der Waals surface area contributed by atoms with E-state index < -0.39 is 12.1 Å². The number of anilines is 1. The number of hydrogen-bond donors (Lipinski definition) is 2. The number of para-hydroxylation sites is 2. The van der Waals surface area contributed by atoms with Gasteiger partial charge in [0.05, 0.1) is 17.3 Å². The highest BCUT2D eigenvalue weighted by Crippen LogP contribution is 2.42. The second kappa shape index (κ2) is 6.97. The molecule has 0 spiro atoms. The minimum absolute atomic E-state index is 0.0600. The molecular formula is C24H24N4O3. The van der Waals surface area contributed by atoms with Crippen LogP contribution in [0.25, 0.3) is 10.9 Å². The predicted molar refractivity (Wildman–Crippen MR) is 118 cm³/mol. The number of aromatic amines is 1. The van der Waals surface area contributed by atoms with Gasteiger partial charge < -0.3 is 15.2 Å². The SMILES string of the molecule is CC(C)NC(=O)c1ccccc1N1C(=O)C2Cc3c([nH]c4ccccc34)C(C)N2C1=O. The summed E-state index contributed by atoms with van der Waals surface area (Å²) in [6, 6.07) is 13.4. The first-order valence-electron chi connectivity index (χ1n) is 10.5. The van der Waals surface area contributed by atoms with Gasteiger partial charge in [-0.2, -0.15) is 0 Å². The number of imide groups is 1. The zero-order valence-corrected chi connectivity index (χ0v) is 17.7. The Balaban J connectivity index is 1.56. The summed E-state index contributed by atoms with van der Waals surface area (Å²) in [4.78, 5) is 45.9. The van der Waals surface area contributed by atoms with Crippen LogP contribution >= 0.6 is 0 Å². The normalized spacial score (nSPS) is 20.4. The Kier molecular flexibility index (Phi) is 4.36. The highest BCUT2D eigenvalue weighted by molar-refractivity contribution is 6.24. The first-order chi connectivity index (χ1) is 14.9. The molecule has 3 aromatic rings. The van der Waals surface area contributed by atoms with E-state index in [2.05, 4.69) is 10.3 Å². The highest BCUT2D eigenvalue weighted by Gasteiger charge is 2.52. The number of aromatic nitrogens is 1. The number of H-pyrrole nitrogens is 1. The van der Waals surface area contributed by atoms with E-state index in [0.717, 1.165) is 22.2 Å². The van der Waals surface area contributed by atoms with Gasteiger partial charge in [-0.1, -0.05) is 30.3 Å². The number of rotatable bonds is 3. The van der Waals surface area contributed by atoms with E-state index in [1.807, 2.05) is 45.0 Å². The Bertz CT molecular complexity index is 1230. The summed E-state index contributed by atoms with van der Waals surface area (Å²) < 4.78 is 0. The van der Waals surface area contributed by atoms with E-state index in [1.165, 1.54) is 4.90 Å². The number of amides is 4. The maximum Gasteiger partial charge on any atom is 0.332 e. The van der Waals surface area contributed by atoms with Crippen molar-refractivity contribution in [2.24, 2.45) is 0 Å². The Labute approximate surface area is 180 Å². The molecule has 5 rings (SSSR count). The quantitative estimate of drug-likeness (QED) is 0.638. The second-order valence-electron chi connectivity index (χ2n) is 8.47. The van der Waals surface area contributed by atoms with Gasteiger partial charge in [0.25, 0.3) is 11.8 Å². The topological polar surface area (TPSA) is 85.5 Å². The van der Waals surface area contributed by atoms with Crippen molar-refractivity contribution in [2.45, 2.75) is 45.3 Å². The molecule has 158 valence electrons. The number of benzene rings is 2. The molecule has 0 aliphatic carbocycles. The maximum atomic E-state index is 13.5. The van der Waals surface area contributed by atoms with Crippen LogP contribution in [0, 0.1) is 0 Å². The first-order valence-corrected chi connectivity index (χ1v) is 10.5. The molecule has 1 saturated heterocycles. The van der Waals surface area contributed by atoms with Gasteiger partial charge in [0, 0.05) is 29.1 Å². The van der Waals surface area contributed by atoms with Crippen molar-refractivity contribution in [3.05, 3.63) is 65.4 Å². The van der Waals surface area contributed by atoms with E-state index in [1.54, 1.807) is 29.2 Å². The number of hydrogen-bond acceptors (Lipinski definition) is 3. The molecule has 1 fully saturated rings. The lowest BCUT2D eigenvalue weighted by molar-refractivity contribution is -0.120. The Hall–Kier alpha value is -3.61. The van der Waals surface area contributed by atoms with Gasteiger partial charge in [-0.15, -0.1) is 0 Å². The molecule has 0 bridgehead atoms. The predicted octanol–water partition coefficient (Wildman–Crippen LogP) is 3.76. The van der Waals surface area contributed by atoms with Crippen LogP contribution in [0.2, 0.25) is 0 Å². The fraction of sp³-hybridized carbons (Fsp3) is 0.292. The van der Waals surface area contributed by atoms with Crippen molar-refractivity contribution in [1.29, 1.82) is 0 Å². The van der Waals surface area contributed by atoms with Crippen LogP contribution in [-0.4, -0.2) is 39.8 Å². The van der Waals surface area contributed by atoms with Crippen molar-refractivity contribution in [1.82, 2.24) is 15.2 Å². The molecule has 7 heteroatoms. The van der Waals surface area contributed by atoms with Crippen LogP contribution in [0.3, 0.4) is 0 Å². The summed E-state index contributed by atoms with van der Waals surface area (Å²) in [7, 11) is 0. The third kappa shape index (κ3) is 2.84. The molecule has 1 aromatic heterocycles. The molecular weight excluding hydrogens is 392 g/mol. The molecule has 3 heterocycles. The summed E-state index contributed by atoms with van der Waals surface area (Å²) in [5.41, 5.74) is 3.69. The Morgan fingerprint density at radius 1 is 1.10 bits per heavy atom. The van der Waals surface area contributed by atoms with Gasteiger partial charge in [0.1, 0.15) is 6.04 Å². The summed E-state index contributed by atoms with van der Waals surface area (Å²) >= 11 is 0. The molecule has 7 nitrogen and oxygen atoms in total.